The molecule has 3 aromatic rings. The molecular formula is C22H24N2O3. The Morgan fingerprint density at radius 3 is 2.59 bits per heavy atom. The summed E-state index contributed by atoms with van der Waals surface area (Å²) in [6, 6.07) is 15.0. The highest BCUT2D eigenvalue weighted by atomic mass is 16.5. The van der Waals surface area contributed by atoms with E-state index in [2.05, 4.69) is 10.3 Å². The number of para-hydroxylation sites is 1. The van der Waals surface area contributed by atoms with Gasteiger partial charge in [0, 0.05) is 17.7 Å². The molecule has 0 atom stereocenters. The first-order valence-corrected chi connectivity index (χ1v) is 9.10. The van der Waals surface area contributed by atoms with Gasteiger partial charge in [0.05, 0.1) is 11.6 Å². The van der Waals surface area contributed by atoms with Crippen LogP contribution in [0.3, 0.4) is 0 Å². The normalized spacial score (nSPS) is 11.0. The Hall–Kier alpha value is -3.08. The minimum atomic E-state index is -0.139. The smallest absolute Gasteiger partial charge is 0.251 e. The monoisotopic (exact) mass is 364 g/mol. The van der Waals surface area contributed by atoms with Crippen molar-refractivity contribution in [2.45, 2.75) is 39.7 Å². The number of rotatable bonds is 6. The number of hydrogen-bond acceptors (Lipinski definition) is 3. The van der Waals surface area contributed by atoms with E-state index in [0.717, 1.165) is 22.2 Å². The number of aromatic amines is 1. The molecule has 1 aromatic heterocycles. The van der Waals surface area contributed by atoms with E-state index < -0.39 is 0 Å². The zero-order valence-corrected chi connectivity index (χ0v) is 15.8. The zero-order chi connectivity index (χ0) is 19.4. The predicted octanol–water partition coefficient (Wildman–Crippen LogP) is 4.20. The summed E-state index contributed by atoms with van der Waals surface area (Å²) in [7, 11) is 0. The molecule has 0 fully saturated rings. The third-order valence-corrected chi connectivity index (χ3v) is 4.30. The van der Waals surface area contributed by atoms with Crippen molar-refractivity contribution in [1.29, 1.82) is 0 Å². The van der Waals surface area contributed by atoms with Crippen LogP contribution >= 0.6 is 0 Å². The van der Waals surface area contributed by atoms with Crippen molar-refractivity contribution < 1.29 is 9.53 Å². The molecule has 1 heterocycles. The van der Waals surface area contributed by atoms with Crippen molar-refractivity contribution in [1.82, 2.24) is 4.98 Å². The summed E-state index contributed by atoms with van der Waals surface area (Å²) >= 11 is 0. The highest BCUT2D eigenvalue weighted by Gasteiger charge is 2.08. The van der Waals surface area contributed by atoms with Gasteiger partial charge in [0.15, 0.2) is 0 Å². The molecule has 1 amide bonds. The number of nitrogens with one attached hydrogen (secondary N) is 2. The lowest BCUT2D eigenvalue weighted by molar-refractivity contribution is -0.116. The molecule has 0 saturated heterocycles. The summed E-state index contributed by atoms with van der Waals surface area (Å²) in [4.78, 5) is 27.4. The Bertz CT molecular complexity index is 1000. The maximum absolute atomic E-state index is 12.3. The number of H-pyrrole nitrogens is 1. The van der Waals surface area contributed by atoms with E-state index in [1.165, 1.54) is 0 Å². The van der Waals surface area contributed by atoms with Crippen LogP contribution in [-0.4, -0.2) is 17.0 Å². The lowest BCUT2D eigenvalue weighted by atomic mass is 10.1. The van der Waals surface area contributed by atoms with Crippen molar-refractivity contribution >= 4 is 22.5 Å². The van der Waals surface area contributed by atoms with E-state index in [-0.39, 0.29) is 24.0 Å². The van der Waals surface area contributed by atoms with Crippen molar-refractivity contribution in [2.75, 3.05) is 5.32 Å². The second-order valence-electron chi connectivity index (χ2n) is 6.90. The SMILES string of the molecule is Cc1cccc2cc(CCC(=O)Nc3ccc(OC(C)C)cc3)c(=O)[nH]c12. The molecule has 2 aromatic carbocycles. The molecule has 140 valence electrons. The molecule has 5 nitrogen and oxygen atoms in total. The predicted molar refractivity (Wildman–Crippen MR) is 108 cm³/mol. The second-order valence-corrected chi connectivity index (χ2v) is 6.90. The Kier molecular flexibility index (Phi) is 5.60. The van der Waals surface area contributed by atoms with Gasteiger partial charge in [-0.1, -0.05) is 18.2 Å². The van der Waals surface area contributed by atoms with Crippen LogP contribution in [0.2, 0.25) is 0 Å². The Morgan fingerprint density at radius 2 is 1.89 bits per heavy atom. The van der Waals surface area contributed by atoms with Crippen molar-refractivity contribution in [2.24, 2.45) is 0 Å². The highest BCUT2D eigenvalue weighted by Crippen LogP contribution is 2.18. The molecule has 3 rings (SSSR count). The molecule has 0 aliphatic carbocycles. The minimum absolute atomic E-state index is 0.106. The van der Waals surface area contributed by atoms with Crippen LogP contribution in [0.15, 0.2) is 53.3 Å². The molecular weight excluding hydrogens is 340 g/mol. The van der Waals surface area contributed by atoms with E-state index in [1.807, 2.05) is 57.2 Å². The van der Waals surface area contributed by atoms with Crippen molar-refractivity contribution in [3.63, 3.8) is 0 Å². The summed E-state index contributed by atoms with van der Waals surface area (Å²) in [5, 5.41) is 3.83. The quantitative estimate of drug-likeness (QED) is 0.689. The van der Waals surface area contributed by atoms with Gasteiger partial charge in [0.25, 0.3) is 5.56 Å². The number of carbonyl (C=O) groups is 1. The van der Waals surface area contributed by atoms with Crippen LogP contribution < -0.4 is 15.6 Å². The Balaban J connectivity index is 1.63. The Morgan fingerprint density at radius 1 is 1.15 bits per heavy atom. The van der Waals surface area contributed by atoms with Crippen LogP contribution in [0.5, 0.6) is 5.75 Å². The maximum Gasteiger partial charge on any atom is 0.251 e. The van der Waals surface area contributed by atoms with E-state index in [4.69, 9.17) is 4.74 Å². The molecule has 0 unspecified atom stereocenters. The third kappa shape index (κ3) is 4.76. The van der Waals surface area contributed by atoms with Crippen LogP contribution in [0.25, 0.3) is 10.9 Å². The molecule has 0 aliphatic rings. The number of hydrogen-bond donors (Lipinski definition) is 2. The third-order valence-electron chi connectivity index (χ3n) is 4.30. The summed E-state index contributed by atoms with van der Waals surface area (Å²) < 4.78 is 5.59. The van der Waals surface area contributed by atoms with E-state index >= 15 is 0 Å². The summed E-state index contributed by atoms with van der Waals surface area (Å²) in [6.45, 7) is 5.89. The number of ether oxygens (including phenoxy) is 1. The van der Waals surface area contributed by atoms with Crippen molar-refractivity contribution in [3.05, 3.63) is 70.0 Å². The standard InChI is InChI=1S/C22H24N2O3/c1-14(2)27-19-10-8-18(9-11-19)23-20(25)12-7-17-13-16-6-4-5-15(3)21(16)24-22(17)26/h4-6,8-11,13-14H,7,12H2,1-3H3,(H,23,25)(H,24,26). The van der Waals surface area contributed by atoms with Gasteiger partial charge in [-0.3, -0.25) is 9.59 Å². The molecule has 0 bridgehead atoms. The van der Waals surface area contributed by atoms with Gasteiger partial charge in [-0.15, -0.1) is 0 Å². The van der Waals surface area contributed by atoms with Gasteiger partial charge in [0.1, 0.15) is 5.75 Å². The second kappa shape index (κ2) is 8.08. The number of aryl methyl sites for hydroxylation is 2. The molecule has 27 heavy (non-hydrogen) atoms. The number of aromatic nitrogens is 1. The number of carbonyl (C=O) groups excluding carboxylic acids is 1. The lowest BCUT2D eigenvalue weighted by Crippen LogP contribution is -2.17. The van der Waals surface area contributed by atoms with Gasteiger partial charge in [0.2, 0.25) is 5.91 Å². The Labute approximate surface area is 158 Å². The number of amides is 1. The van der Waals surface area contributed by atoms with E-state index in [1.54, 1.807) is 12.1 Å². The highest BCUT2D eigenvalue weighted by molar-refractivity contribution is 5.91. The minimum Gasteiger partial charge on any atom is -0.491 e. The number of pyridine rings is 1. The van der Waals surface area contributed by atoms with Gasteiger partial charge in [-0.05, 0) is 68.5 Å². The fourth-order valence-corrected chi connectivity index (χ4v) is 2.97. The summed E-state index contributed by atoms with van der Waals surface area (Å²) in [6.07, 6.45) is 0.735. The van der Waals surface area contributed by atoms with Crippen LogP contribution in [0.4, 0.5) is 5.69 Å². The van der Waals surface area contributed by atoms with Gasteiger partial charge in [-0.2, -0.15) is 0 Å². The lowest BCUT2D eigenvalue weighted by Gasteiger charge is -2.10. The number of benzene rings is 2. The maximum atomic E-state index is 12.3. The zero-order valence-electron chi connectivity index (χ0n) is 15.8. The van der Waals surface area contributed by atoms with Crippen LogP contribution in [-0.2, 0) is 11.2 Å². The fraction of sp³-hybridized carbons (Fsp3) is 0.273. The van der Waals surface area contributed by atoms with Gasteiger partial charge >= 0.3 is 0 Å². The van der Waals surface area contributed by atoms with E-state index in [9.17, 15) is 9.59 Å². The molecule has 0 spiro atoms. The molecule has 0 saturated carbocycles. The molecule has 2 N–H and O–H groups in total. The number of anilines is 1. The fourth-order valence-electron chi connectivity index (χ4n) is 2.97. The van der Waals surface area contributed by atoms with Crippen molar-refractivity contribution in [3.8, 4) is 5.75 Å². The first kappa shape index (κ1) is 18.7. The van der Waals surface area contributed by atoms with Crippen LogP contribution in [0.1, 0.15) is 31.4 Å². The molecule has 0 radical (unpaired) electrons. The summed E-state index contributed by atoms with van der Waals surface area (Å²) in [5.74, 6) is 0.636. The summed E-state index contributed by atoms with van der Waals surface area (Å²) in [5.41, 5.74) is 3.06. The first-order chi connectivity index (χ1) is 12.9. The first-order valence-electron chi connectivity index (χ1n) is 9.10. The number of fused-ring (bicyclic) bond motifs is 1. The topological polar surface area (TPSA) is 71.2 Å². The largest absolute Gasteiger partial charge is 0.491 e. The van der Waals surface area contributed by atoms with Gasteiger partial charge < -0.3 is 15.0 Å². The average molecular weight is 364 g/mol. The average Bonchev–Trinajstić information content (AvgIpc) is 2.62. The van der Waals surface area contributed by atoms with Crippen LogP contribution in [0, 0.1) is 6.92 Å². The van der Waals surface area contributed by atoms with Gasteiger partial charge in [-0.25, -0.2) is 0 Å². The molecule has 5 heteroatoms. The molecule has 0 aliphatic heterocycles. The van der Waals surface area contributed by atoms with E-state index in [0.29, 0.717) is 17.7 Å².